The highest BCUT2D eigenvalue weighted by Gasteiger charge is 2.26. The van der Waals surface area contributed by atoms with E-state index in [2.05, 4.69) is 22.0 Å². The van der Waals surface area contributed by atoms with Gasteiger partial charge in [0, 0.05) is 31.7 Å². The summed E-state index contributed by atoms with van der Waals surface area (Å²) < 4.78 is 7.35. The molecule has 2 aromatic heterocycles. The van der Waals surface area contributed by atoms with Crippen molar-refractivity contribution in [1.29, 1.82) is 0 Å². The second-order valence-electron chi connectivity index (χ2n) is 7.93. The number of ether oxygens (including phenoxy) is 1. The van der Waals surface area contributed by atoms with Crippen molar-refractivity contribution in [3.05, 3.63) is 48.7 Å². The van der Waals surface area contributed by atoms with Gasteiger partial charge in [-0.2, -0.15) is 0 Å². The van der Waals surface area contributed by atoms with Gasteiger partial charge < -0.3 is 14.5 Å². The lowest BCUT2D eigenvalue weighted by Gasteiger charge is -2.36. The molecule has 0 unspecified atom stereocenters. The lowest BCUT2D eigenvalue weighted by atomic mass is 10.2. The highest BCUT2D eigenvalue weighted by Crippen LogP contribution is 2.22. The molecule has 1 aromatic carbocycles. The number of anilines is 1. The molecule has 28 heavy (non-hydrogen) atoms. The third kappa shape index (κ3) is 3.78. The average molecular weight is 379 g/mol. The van der Waals surface area contributed by atoms with Gasteiger partial charge in [-0.15, -0.1) is 5.10 Å². The van der Waals surface area contributed by atoms with Crippen molar-refractivity contribution in [3.8, 4) is 11.3 Å². The smallest absolute Gasteiger partial charge is 0.410 e. The summed E-state index contributed by atoms with van der Waals surface area (Å²) in [6.45, 7) is 8.32. The van der Waals surface area contributed by atoms with Gasteiger partial charge in [-0.3, -0.25) is 0 Å². The largest absolute Gasteiger partial charge is 0.444 e. The molecule has 4 rings (SSSR count). The molecule has 1 aliphatic heterocycles. The fraction of sp³-hybridized carbons (Fsp3) is 0.381. The zero-order valence-electron chi connectivity index (χ0n) is 16.5. The first kappa shape index (κ1) is 18.3. The van der Waals surface area contributed by atoms with Gasteiger partial charge in [0.05, 0.1) is 11.9 Å². The molecule has 7 heteroatoms. The van der Waals surface area contributed by atoms with Crippen LogP contribution < -0.4 is 4.90 Å². The summed E-state index contributed by atoms with van der Waals surface area (Å²) in [6, 6.07) is 14.1. The number of amides is 1. The van der Waals surface area contributed by atoms with Gasteiger partial charge in [0.2, 0.25) is 0 Å². The number of hydrogen-bond acceptors (Lipinski definition) is 5. The summed E-state index contributed by atoms with van der Waals surface area (Å²) in [7, 11) is 0. The number of fused-ring (bicyclic) bond motifs is 1. The van der Waals surface area contributed by atoms with Gasteiger partial charge in [0.15, 0.2) is 5.65 Å². The van der Waals surface area contributed by atoms with Gasteiger partial charge in [0.1, 0.15) is 11.4 Å². The Morgan fingerprint density at radius 1 is 1.00 bits per heavy atom. The third-order valence-electron chi connectivity index (χ3n) is 4.67. The summed E-state index contributed by atoms with van der Waals surface area (Å²) in [4.78, 5) is 20.7. The molecule has 0 atom stereocenters. The fourth-order valence-electron chi connectivity index (χ4n) is 3.28. The van der Waals surface area contributed by atoms with Crippen LogP contribution in [0.15, 0.2) is 48.7 Å². The number of hydrogen-bond donors (Lipinski definition) is 0. The topological polar surface area (TPSA) is 63.0 Å². The van der Waals surface area contributed by atoms with Gasteiger partial charge in [-0.05, 0) is 32.9 Å². The summed E-state index contributed by atoms with van der Waals surface area (Å²) >= 11 is 0. The van der Waals surface area contributed by atoms with Crippen molar-refractivity contribution in [2.45, 2.75) is 26.4 Å². The number of rotatable bonds is 2. The Hall–Kier alpha value is -3.09. The molecular formula is C21H25N5O2. The van der Waals surface area contributed by atoms with Crippen LogP contribution in [0.25, 0.3) is 16.9 Å². The zero-order chi connectivity index (χ0) is 19.7. The van der Waals surface area contributed by atoms with E-state index < -0.39 is 5.60 Å². The molecule has 3 heterocycles. The van der Waals surface area contributed by atoms with Crippen molar-refractivity contribution in [2.75, 3.05) is 31.1 Å². The minimum absolute atomic E-state index is 0.253. The second-order valence-corrected chi connectivity index (χ2v) is 7.93. The standard InChI is InChI=1S/C21H25N5O2/c1-21(2,3)28-20(27)25-13-11-24(12-14-25)19-10-9-18-22-15-17(26(18)23-19)16-7-5-4-6-8-16/h4-10,15H,11-14H2,1-3H3. The summed E-state index contributed by atoms with van der Waals surface area (Å²) in [6.07, 6.45) is 1.60. The molecule has 1 saturated heterocycles. The van der Waals surface area contributed by atoms with E-state index in [-0.39, 0.29) is 6.09 Å². The lowest BCUT2D eigenvalue weighted by molar-refractivity contribution is 0.0240. The summed E-state index contributed by atoms with van der Waals surface area (Å²) in [5.41, 5.74) is 2.38. The van der Waals surface area contributed by atoms with Crippen molar-refractivity contribution in [2.24, 2.45) is 0 Å². The predicted octanol–water partition coefficient (Wildman–Crippen LogP) is 3.45. The molecule has 0 radical (unpaired) electrons. The molecule has 0 spiro atoms. The molecule has 1 amide bonds. The molecule has 0 aliphatic carbocycles. The van der Waals surface area contributed by atoms with E-state index in [4.69, 9.17) is 9.84 Å². The molecular weight excluding hydrogens is 354 g/mol. The van der Waals surface area contributed by atoms with Crippen molar-refractivity contribution < 1.29 is 9.53 Å². The van der Waals surface area contributed by atoms with E-state index in [9.17, 15) is 4.79 Å². The van der Waals surface area contributed by atoms with Crippen LogP contribution in [0.4, 0.5) is 10.6 Å². The second kappa shape index (κ2) is 7.14. The highest BCUT2D eigenvalue weighted by molar-refractivity contribution is 5.68. The summed E-state index contributed by atoms with van der Waals surface area (Å²) in [5.74, 6) is 0.881. The third-order valence-corrected chi connectivity index (χ3v) is 4.67. The normalized spacial score (nSPS) is 15.1. The van der Waals surface area contributed by atoms with E-state index in [1.54, 1.807) is 4.90 Å². The first-order valence-electron chi connectivity index (χ1n) is 9.54. The molecule has 1 aliphatic rings. The molecule has 146 valence electrons. The molecule has 1 fully saturated rings. The quantitative estimate of drug-likeness (QED) is 0.682. The van der Waals surface area contributed by atoms with Crippen molar-refractivity contribution in [1.82, 2.24) is 19.5 Å². The molecule has 0 N–H and O–H groups in total. The maximum Gasteiger partial charge on any atom is 0.410 e. The van der Waals surface area contributed by atoms with Crippen LogP contribution in [-0.2, 0) is 4.74 Å². The maximum absolute atomic E-state index is 12.3. The number of carbonyl (C=O) groups excluding carboxylic acids is 1. The molecule has 0 bridgehead atoms. The molecule has 0 saturated carbocycles. The van der Waals surface area contributed by atoms with Crippen LogP contribution in [0.5, 0.6) is 0 Å². The minimum Gasteiger partial charge on any atom is -0.444 e. The highest BCUT2D eigenvalue weighted by atomic mass is 16.6. The minimum atomic E-state index is -0.476. The Bertz CT molecular complexity index is 969. The molecule has 7 nitrogen and oxygen atoms in total. The average Bonchev–Trinajstić information content (AvgIpc) is 3.11. The van der Waals surface area contributed by atoms with Crippen LogP contribution >= 0.6 is 0 Å². The van der Waals surface area contributed by atoms with Crippen LogP contribution in [0, 0.1) is 0 Å². The number of piperazine rings is 1. The van der Waals surface area contributed by atoms with Crippen LogP contribution in [-0.4, -0.2) is 57.4 Å². The van der Waals surface area contributed by atoms with Crippen molar-refractivity contribution >= 4 is 17.6 Å². The van der Waals surface area contributed by atoms with Crippen molar-refractivity contribution in [3.63, 3.8) is 0 Å². The number of benzene rings is 1. The van der Waals surface area contributed by atoms with E-state index in [1.165, 1.54) is 0 Å². The van der Waals surface area contributed by atoms with Crippen LogP contribution in [0.3, 0.4) is 0 Å². The Kier molecular flexibility index (Phi) is 4.66. The fourth-order valence-corrected chi connectivity index (χ4v) is 3.28. The predicted molar refractivity (Wildman–Crippen MR) is 108 cm³/mol. The first-order valence-corrected chi connectivity index (χ1v) is 9.54. The van der Waals surface area contributed by atoms with Gasteiger partial charge in [0.25, 0.3) is 0 Å². The van der Waals surface area contributed by atoms with Crippen LogP contribution in [0.1, 0.15) is 20.8 Å². The van der Waals surface area contributed by atoms with E-state index in [0.717, 1.165) is 22.7 Å². The number of aromatic nitrogens is 3. The van der Waals surface area contributed by atoms with E-state index >= 15 is 0 Å². The maximum atomic E-state index is 12.3. The monoisotopic (exact) mass is 379 g/mol. The SMILES string of the molecule is CC(C)(C)OC(=O)N1CCN(c2ccc3ncc(-c4ccccc4)n3n2)CC1. The Morgan fingerprint density at radius 3 is 2.39 bits per heavy atom. The van der Waals surface area contributed by atoms with E-state index in [1.807, 2.05) is 61.8 Å². The number of carbonyl (C=O) groups is 1. The van der Waals surface area contributed by atoms with Gasteiger partial charge in [-0.25, -0.2) is 14.3 Å². The summed E-state index contributed by atoms with van der Waals surface area (Å²) in [5, 5.41) is 4.81. The first-order chi connectivity index (χ1) is 13.4. The van der Waals surface area contributed by atoms with Gasteiger partial charge in [-0.1, -0.05) is 30.3 Å². The van der Waals surface area contributed by atoms with E-state index in [0.29, 0.717) is 26.2 Å². The lowest BCUT2D eigenvalue weighted by Crippen LogP contribution is -2.50. The Balaban J connectivity index is 1.51. The zero-order valence-corrected chi connectivity index (χ0v) is 16.5. The van der Waals surface area contributed by atoms with Crippen LogP contribution in [0.2, 0.25) is 0 Å². The number of nitrogens with zero attached hydrogens (tertiary/aromatic N) is 5. The Morgan fingerprint density at radius 2 is 1.71 bits per heavy atom. The van der Waals surface area contributed by atoms with Gasteiger partial charge >= 0.3 is 6.09 Å². The molecule has 3 aromatic rings. The number of imidazole rings is 1. The Labute approximate surface area is 164 Å².